The van der Waals surface area contributed by atoms with Crippen LogP contribution in [0.1, 0.15) is 25.0 Å². The van der Waals surface area contributed by atoms with Gasteiger partial charge >= 0.3 is 0 Å². The van der Waals surface area contributed by atoms with E-state index < -0.39 is 11.2 Å². The van der Waals surface area contributed by atoms with Crippen molar-refractivity contribution >= 4 is 11.6 Å². The summed E-state index contributed by atoms with van der Waals surface area (Å²) in [6.07, 6.45) is 0. The van der Waals surface area contributed by atoms with Crippen LogP contribution in [0.5, 0.6) is 0 Å². The molecule has 1 amide bonds. The van der Waals surface area contributed by atoms with E-state index in [9.17, 15) is 9.18 Å². The summed E-state index contributed by atoms with van der Waals surface area (Å²) in [5.74, 6) is -0.660. The maximum Gasteiger partial charge on any atom is 0.234 e. The fourth-order valence-corrected chi connectivity index (χ4v) is 1.94. The molecule has 0 spiro atoms. The molecule has 2 aromatic rings. The van der Waals surface area contributed by atoms with Crippen LogP contribution in [0.25, 0.3) is 0 Å². The van der Waals surface area contributed by atoms with Gasteiger partial charge in [-0.05, 0) is 38.5 Å². The van der Waals surface area contributed by atoms with Crippen LogP contribution in [-0.2, 0) is 10.2 Å². The monoisotopic (exact) mass is 271 g/mol. The first kappa shape index (κ1) is 14.3. The fourth-order valence-electron chi connectivity index (χ4n) is 1.94. The molecular weight excluding hydrogens is 253 g/mol. The van der Waals surface area contributed by atoms with Crippen molar-refractivity contribution in [2.45, 2.75) is 26.2 Å². The van der Waals surface area contributed by atoms with Gasteiger partial charge in [0.1, 0.15) is 5.82 Å². The zero-order chi connectivity index (χ0) is 14.8. The van der Waals surface area contributed by atoms with Gasteiger partial charge in [-0.15, -0.1) is 0 Å². The van der Waals surface area contributed by atoms with E-state index in [-0.39, 0.29) is 11.6 Å². The highest BCUT2D eigenvalue weighted by molar-refractivity contribution is 5.98. The van der Waals surface area contributed by atoms with Crippen LogP contribution in [0.2, 0.25) is 0 Å². The summed E-state index contributed by atoms with van der Waals surface area (Å²) in [6.45, 7) is 5.65. The van der Waals surface area contributed by atoms with Crippen LogP contribution in [0.4, 0.5) is 10.1 Å². The molecular formula is C17H18FNO. The minimum absolute atomic E-state index is 0.206. The molecule has 104 valence electrons. The van der Waals surface area contributed by atoms with Crippen molar-refractivity contribution in [2.24, 2.45) is 0 Å². The predicted molar refractivity (Wildman–Crippen MR) is 79.2 cm³/mol. The van der Waals surface area contributed by atoms with Crippen LogP contribution < -0.4 is 5.32 Å². The number of hydrogen-bond donors (Lipinski definition) is 1. The van der Waals surface area contributed by atoms with Crippen molar-refractivity contribution < 1.29 is 9.18 Å². The number of halogens is 1. The smallest absolute Gasteiger partial charge is 0.234 e. The Bertz CT molecular complexity index is 617. The Balaban J connectivity index is 2.23. The third kappa shape index (κ3) is 2.87. The molecule has 3 heteroatoms. The van der Waals surface area contributed by atoms with Crippen LogP contribution in [-0.4, -0.2) is 5.91 Å². The van der Waals surface area contributed by atoms with Gasteiger partial charge in [-0.3, -0.25) is 4.79 Å². The van der Waals surface area contributed by atoms with E-state index >= 15 is 0 Å². The lowest BCUT2D eigenvalue weighted by Gasteiger charge is -2.24. The number of amides is 1. The Hall–Kier alpha value is -2.16. The summed E-state index contributed by atoms with van der Waals surface area (Å²) in [5, 5.41) is 2.65. The molecule has 0 saturated heterocycles. The van der Waals surface area contributed by atoms with Crippen molar-refractivity contribution in [3.63, 3.8) is 0 Å². The van der Waals surface area contributed by atoms with Gasteiger partial charge in [-0.2, -0.15) is 0 Å². The number of carbonyl (C=O) groups excluding carboxylic acids is 1. The third-order valence-electron chi connectivity index (χ3n) is 3.46. The van der Waals surface area contributed by atoms with E-state index in [0.717, 1.165) is 11.1 Å². The summed E-state index contributed by atoms with van der Waals surface area (Å²) >= 11 is 0. The Labute approximate surface area is 118 Å². The highest BCUT2D eigenvalue weighted by atomic mass is 19.1. The van der Waals surface area contributed by atoms with Gasteiger partial charge in [0, 0.05) is 0 Å². The summed E-state index contributed by atoms with van der Waals surface area (Å²) in [6, 6.07) is 14.0. The van der Waals surface area contributed by atoms with Gasteiger partial charge in [0.05, 0.1) is 11.1 Å². The Morgan fingerprint density at radius 1 is 1.05 bits per heavy atom. The number of benzene rings is 2. The number of carbonyl (C=O) groups is 1. The number of nitrogens with one attached hydrogen (secondary N) is 1. The Kier molecular flexibility index (Phi) is 3.89. The van der Waals surface area contributed by atoms with Gasteiger partial charge < -0.3 is 5.32 Å². The molecule has 0 saturated carbocycles. The molecule has 2 nitrogen and oxygen atoms in total. The summed E-state index contributed by atoms with van der Waals surface area (Å²) in [7, 11) is 0. The molecule has 20 heavy (non-hydrogen) atoms. The second-order valence-corrected chi connectivity index (χ2v) is 5.42. The van der Waals surface area contributed by atoms with Crippen molar-refractivity contribution in [1.29, 1.82) is 0 Å². The number of hydrogen-bond acceptors (Lipinski definition) is 1. The molecule has 0 radical (unpaired) electrons. The number of rotatable bonds is 3. The quantitative estimate of drug-likeness (QED) is 0.896. The molecule has 0 aromatic heterocycles. The lowest BCUT2D eigenvalue weighted by Crippen LogP contribution is -2.35. The van der Waals surface area contributed by atoms with Crippen LogP contribution >= 0.6 is 0 Å². The Morgan fingerprint density at radius 3 is 2.25 bits per heavy atom. The third-order valence-corrected chi connectivity index (χ3v) is 3.46. The topological polar surface area (TPSA) is 29.1 Å². The van der Waals surface area contributed by atoms with Gasteiger partial charge in [0.15, 0.2) is 0 Å². The SMILES string of the molecule is Cc1ccc(C(C)(C)C(=O)Nc2ccccc2F)cc1. The highest BCUT2D eigenvalue weighted by Gasteiger charge is 2.30. The number of anilines is 1. The average Bonchev–Trinajstić information content (AvgIpc) is 2.41. The van der Waals surface area contributed by atoms with Crippen molar-refractivity contribution in [2.75, 3.05) is 5.32 Å². The van der Waals surface area contributed by atoms with E-state index in [1.807, 2.05) is 45.0 Å². The maximum atomic E-state index is 13.6. The largest absolute Gasteiger partial charge is 0.323 e. The van der Waals surface area contributed by atoms with Crippen LogP contribution in [0.3, 0.4) is 0 Å². The van der Waals surface area contributed by atoms with Gasteiger partial charge in [0.2, 0.25) is 5.91 Å². The van der Waals surface area contributed by atoms with Crippen molar-refractivity contribution in [1.82, 2.24) is 0 Å². The fraction of sp³-hybridized carbons (Fsp3) is 0.235. The molecule has 0 aliphatic rings. The van der Waals surface area contributed by atoms with E-state index in [4.69, 9.17) is 0 Å². The summed E-state index contributed by atoms with van der Waals surface area (Å²) in [4.78, 5) is 12.4. The van der Waals surface area contributed by atoms with Crippen LogP contribution in [0.15, 0.2) is 48.5 Å². The Morgan fingerprint density at radius 2 is 1.65 bits per heavy atom. The summed E-state index contributed by atoms with van der Waals surface area (Å²) < 4.78 is 13.6. The molecule has 0 aliphatic carbocycles. The van der Waals surface area contributed by atoms with Crippen molar-refractivity contribution in [3.8, 4) is 0 Å². The first-order valence-electron chi connectivity index (χ1n) is 6.54. The minimum atomic E-state index is -0.726. The number of aryl methyl sites for hydroxylation is 1. The zero-order valence-corrected chi connectivity index (χ0v) is 11.9. The minimum Gasteiger partial charge on any atom is -0.323 e. The van der Waals surface area contributed by atoms with Gasteiger partial charge in [0.25, 0.3) is 0 Å². The first-order chi connectivity index (χ1) is 9.41. The second kappa shape index (κ2) is 5.45. The normalized spacial score (nSPS) is 11.2. The second-order valence-electron chi connectivity index (χ2n) is 5.42. The van der Waals surface area contributed by atoms with Gasteiger partial charge in [-0.25, -0.2) is 4.39 Å². The molecule has 0 bridgehead atoms. The predicted octanol–water partition coefficient (Wildman–Crippen LogP) is 4.05. The van der Waals surface area contributed by atoms with Crippen molar-refractivity contribution in [3.05, 3.63) is 65.5 Å². The molecule has 0 aliphatic heterocycles. The highest BCUT2D eigenvalue weighted by Crippen LogP contribution is 2.26. The molecule has 0 fully saturated rings. The van der Waals surface area contributed by atoms with E-state index in [1.54, 1.807) is 18.2 Å². The van der Waals surface area contributed by atoms with Crippen LogP contribution in [0, 0.1) is 12.7 Å². The molecule has 0 unspecified atom stereocenters. The molecule has 2 aromatic carbocycles. The standard InChI is InChI=1S/C17H18FNO/c1-12-8-10-13(11-9-12)17(2,3)16(20)19-15-7-5-4-6-14(15)18/h4-11H,1-3H3,(H,19,20). The summed E-state index contributed by atoms with van der Waals surface area (Å²) in [5.41, 5.74) is 1.52. The lowest BCUT2D eigenvalue weighted by atomic mass is 9.83. The van der Waals surface area contributed by atoms with E-state index in [1.165, 1.54) is 6.07 Å². The first-order valence-corrected chi connectivity index (χ1v) is 6.54. The zero-order valence-electron chi connectivity index (χ0n) is 11.9. The lowest BCUT2D eigenvalue weighted by molar-refractivity contribution is -0.120. The maximum absolute atomic E-state index is 13.6. The molecule has 0 heterocycles. The molecule has 1 N–H and O–H groups in total. The van der Waals surface area contributed by atoms with E-state index in [2.05, 4.69) is 5.32 Å². The molecule has 2 rings (SSSR count). The van der Waals surface area contributed by atoms with Gasteiger partial charge in [-0.1, -0.05) is 42.0 Å². The van der Waals surface area contributed by atoms with E-state index in [0.29, 0.717) is 0 Å². The number of para-hydroxylation sites is 1. The average molecular weight is 271 g/mol. The molecule has 0 atom stereocenters.